The smallest absolute Gasteiger partial charge is 0.356 e. The van der Waals surface area contributed by atoms with Crippen LogP contribution in [0.5, 0.6) is 0 Å². The standard InChI is InChI=1S/C11H13N3O2/c1-16-11(15)10(13)9(12)7-14-8-5-3-2-4-6-8/h2-7H,12-13H2,1H3. The lowest BCUT2D eigenvalue weighted by Gasteiger charge is -2.00. The van der Waals surface area contributed by atoms with Crippen LogP contribution in [0, 0.1) is 0 Å². The molecule has 1 aromatic rings. The van der Waals surface area contributed by atoms with Crippen molar-refractivity contribution >= 4 is 17.9 Å². The summed E-state index contributed by atoms with van der Waals surface area (Å²) in [7, 11) is 1.23. The van der Waals surface area contributed by atoms with Gasteiger partial charge in [0.15, 0.2) is 0 Å². The summed E-state index contributed by atoms with van der Waals surface area (Å²) in [6, 6.07) is 9.17. The summed E-state index contributed by atoms with van der Waals surface area (Å²) >= 11 is 0. The van der Waals surface area contributed by atoms with E-state index in [1.807, 2.05) is 18.2 Å². The Morgan fingerprint density at radius 2 is 1.94 bits per heavy atom. The molecule has 0 spiro atoms. The molecule has 0 heterocycles. The SMILES string of the molecule is COC(=O)C(N)=C(N)C=Nc1ccccc1. The summed E-state index contributed by atoms with van der Waals surface area (Å²) in [5, 5.41) is 0. The maximum absolute atomic E-state index is 11.0. The van der Waals surface area contributed by atoms with Gasteiger partial charge < -0.3 is 16.2 Å². The number of hydrogen-bond acceptors (Lipinski definition) is 5. The van der Waals surface area contributed by atoms with Gasteiger partial charge in [-0.1, -0.05) is 18.2 Å². The Kier molecular flexibility index (Phi) is 4.08. The van der Waals surface area contributed by atoms with Crippen LogP contribution in [0.2, 0.25) is 0 Å². The molecule has 0 aliphatic carbocycles. The number of aliphatic imine (C=N–C) groups is 1. The van der Waals surface area contributed by atoms with Gasteiger partial charge >= 0.3 is 5.97 Å². The van der Waals surface area contributed by atoms with Gasteiger partial charge in [0, 0.05) is 0 Å². The Bertz CT molecular complexity index is 424. The lowest BCUT2D eigenvalue weighted by Crippen LogP contribution is -2.20. The molecule has 0 radical (unpaired) electrons. The first-order valence-electron chi connectivity index (χ1n) is 4.58. The molecule has 0 bridgehead atoms. The average Bonchev–Trinajstić information content (AvgIpc) is 2.35. The minimum atomic E-state index is -0.669. The van der Waals surface area contributed by atoms with Crippen molar-refractivity contribution in [1.29, 1.82) is 0 Å². The van der Waals surface area contributed by atoms with Gasteiger partial charge in [0.05, 0.1) is 24.7 Å². The molecule has 16 heavy (non-hydrogen) atoms. The maximum Gasteiger partial charge on any atom is 0.356 e. The van der Waals surface area contributed by atoms with Crippen LogP contribution in [0.15, 0.2) is 46.7 Å². The normalized spacial score (nSPS) is 12.3. The first-order chi connectivity index (χ1) is 7.65. The summed E-state index contributed by atoms with van der Waals surface area (Å²) in [6.45, 7) is 0. The first-order valence-corrected chi connectivity index (χ1v) is 4.58. The predicted octanol–water partition coefficient (Wildman–Crippen LogP) is 0.691. The van der Waals surface area contributed by atoms with Gasteiger partial charge in [0.25, 0.3) is 0 Å². The molecule has 0 saturated heterocycles. The van der Waals surface area contributed by atoms with E-state index in [9.17, 15) is 4.79 Å². The van der Waals surface area contributed by atoms with Crippen molar-refractivity contribution in [1.82, 2.24) is 0 Å². The van der Waals surface area contributed by atoms with Gasteiger partial charge in [-0.15, -0.1) is 0 Å². The number of benzene rings is 1. The zero-order valence-corrected chi connectivity index (χ0v) is 8.88. The van der Waals surface area contributed by atoms with Gasteiger partial charge in [-0.2, -0.15) is 0 Å². The molecule has 0 saturated carbocycles. The zero-order chi connectivity index (χ0) is 12.0. The predicted molar refractivity (Wildman–Crippen MR) is 62.0 cm³/mol. The number of para-hydroxylation sites is 1. The van der Waals surface area contributed by atoms with E-state index in [0.29, 0.717) is 0 Å². The van der Waals surface area contributed by atoms with E-state index < -0.39 is 5.97 Å². The van der Waals surface area contributed by atoms with Crippen molar-refractivity contribution in [2.75, 3.05) is 7.11 Å². The van der Waals surface area contributed by atoms with Crippen molar-refractivity contribution in [3.63, 3.8) is 0 Å². The lowest BCUT2D eigenvalue weighted by atomic mass is 10.3. The van der Waals surface area contributed by atoms with Crippen molar-refractivity contribution in [2.24, 2.45) is 16.5 Å². The molecule has 0 atom stereocenters. The number of nitrogens with two attached hydrogens (primary N) is 2. The third-order valence-corrected chi connectivity index (χ3v) is 1.83. The Morgan fingerprint density at radius 3 is 2.50 bits per heavy atom. The number of esters is 1. The second kappa shape index (κ2) is 5.55. The van der Waals surface area contributed by atoms with Crippen molar-refractivity contribution in [3.8, 4) is 0 Å². The number of ether oxygens (including phenoxy) is 1. The van der Waals surface area contributed by atoms with E-state index in [4.69, 9.17) is 11.5 Å². The third kappa shape index (κ3) is 3.13. The van der Waals surface area contributed by atoms with Gasteiger partial charge in [-0.25, -0.2) is 4.79 Å². The second-order valence-corrected chi connectivity index (χ2v) is 2.95. The molecular formula is C11H13N3O2. The fourth-order valence-corrected chi connectivity index (χ4v) is 0.955. The van der Waals surface area contributed by atoms with Crippen molar-refractivity contribution in [3.05, 3.63) is 41.7 Å². The highest BCUT2D eigenvalue weighted by molar-refractivity contribution is 5.95. The largest absolute Gasteiger partial charge is 0.464 e. The lowest BCUT2D eigenvalue weighted by molar-refractivity contribution is -0.136. The van der Waals surface area contributed by atoms with E-state index in [1.54, 1.807) is 12.1 Å². The van der Waals surface area contributed by atoms with E-state index >= 15 is 0 Å². The molecule has 5 nitrogen and oxygen atoms in total. The summed E-state index contributed by atoms with van der Waals surface area (Å²) in [5.74, 6) is -0.669. The minimum Gasteiger partial charge on any atom is -0.464 e. The van der Waals surface area contributed by atoms with Crippen LogP contribution in [-0.4, -0.2) is 19.3 Å². The van der Waals surface area contributed by atoms with E-state index in [0.717, 1.165) is 5.69 Å². The first kappa shape index (κ1) is 11.8. The Morgan fingerprint density at radius 1 is 1.31 bits per heavy atom. The molecule has 4 N–H and O–H groups in total. The molecule has 0 amide bonds. The number of methoxy groups -OCH3 is 1. The quantitative estimate of drug-likeness (QED) is 0.444. The molecule has 5 heteroatoms. The van der Waals surface area contributed by atoms with Crippen LogP contribution in [0.25, 0.3) is 0 Å². The molecule has 0 aromatic heterocycles. The third-order valence-electron chi connectivity index (χ3n) is 1.83. The van der Waals surface area contributed by atoms with E-state index in [-0.39, 0.29) is 11.4 Å². The van der Waals surface area contributed by atoms with Gasteiger partial charge in [-0.3, -0.25) is 4.99 Å². The van der Waals surface area contributed by atoms with Crippen LogP contribution in [0.4, 0.5) is 5.69 Å². The molecule has 0 aliphatic rings. The molecular weight excluding hydrogens is 206 g/mol. The number of hydrogen-bond donors (Lipinski definition) is 2. The summed E-state index contributed by atoms with van der Waals surface area (Å²) in [5.41, 5.74) is 11.6. The highest BCUT2D eigenvalue weighted by atomic mass is 16.5. The van der Waals surface area contributed by atoms with Crippen molar-refractivity contribution < 1.29 is 9.53 Å². The van der Waals surface area contributed by atoms with Crippen LogP contribution < -0.4 is 11.5 Å². The second-order valence-electron chi connectivity index (χ2n) is 2.95. The number of nitrogens with zero attached hydrogens (tertiary/aromatic N) is 1. The molecule has 0 fully saturated rings. The molecule has 0 aliphatic heterocycles. The van der Waals surface area contributed by atoms with E-state index in [2.05, 4.69) is 9.73 Å². The van der Waals surface area contributed by atoms with E-state index in [1.165, 1.54) is 13.3 Å². The zero-order valence-electron chi connectivity index (χ0n) is 8.88. The number of carbonyl (C=O) groups is 1. The minimum absolute atomic E-state index is 0.0794. The fraction of sp³-hybridized carbons (Fsp3) is 0.0909. The molecule has 84 valence electrons. The van der Waals surface area contributed by atoms with Crippen molar-refractivity contribution in [2.45, 2.75) is 0 Å². The maximum atomic E-state index is 11.0. The molecule has 0 unspecified atom stereocenters. The van der Waals surface area contributed by atoms with Gasteiger partial charge in [0.1, 0.15) is 5.70 Å². The highest BCUT2D eigenvalue weighted by Gasteiger charge is 2.07. The summed E-state index contributed by atoms with van der Waals surface area (Å²) in [4.78, 5) is 15.1. The van der Waals surface area contributed by atoms with Crippen LogP contribution in [0.3, 0.4) is 0 Å². The van der Waals surface area contributed by atoms with Crippen LogP contribution >= 0.6 is 0 Å². The topological polar surface area (TPSA) is 90.7 Å². The van der Waals surface area contributed by atoms with Gasteiger partial charge in [-0.05, 0) is 12.1 Å². The Balaban J connectivity index is 2.82. The molecule has 1 aromatic carbocycles. The summed E-state index contributed by atoms with van der Waals surface area (Å²) in [6.07, 6.45) is 1.32. The average molecular weight is 219 g/mol. The number of rotatable bonds is 3. The number of allylic oxidation sites excluding steroid dienone is 1. The van der Waals surface area contributed by atoms with Gasteiger partial charge in [0.2, 0.25) is 0 Å². The summed E-state index contributed by atoms with van der Waals surface area (Å²) < 4.78 is 4.42. The highest BCUT2D eigenvalue weighted by Crippen LogP contribution is 2.09. The molecule has 1 rings (SSSR count). The van der Waals surface area contributed by atoms with Crippen LogP contribution in [0.1, 0.15) is 0 Å². The Hall–Kier alpha value is -2.30. The monoisotopic (exact) mass is 219 g/mol. The Labute approximate surface area is 93.4 Å². The van der Waals surface area contributed by atoms with Crippen LogP contribution in [-0.2, 0) is 9.53 Å². The fourth-order valence-electron chi connectivity index (χ4n) is 0.955. The number of carbonyl (C=O) groups excluding carboxylic acids is 1.